The molecule has 0 fully saturated rings. The van der Waals surface area contributed by atoms with Crippen LogP contribution in [0.25, 0.3) is 0 Å². The first-order valence-corrected chi connectivity index (χ1v) is 5.53. The summed E-state index contributed by atoms with van der Waals surface area (Å²) in [5, 5.41) is 2.74. The van der Waals surface area contributed by atoms with Crippen LogP contribution in [0.15, 0.2) is 59.0 Å². The zero-order valence-corrected chi connectivity index (χ0v) is 10.6. The Morgan fingerprint density at radius 3 is 2.89 bits per heavy atom. The van der Waals surface area contributed by atoms with Crippen molar-refractivity contribution in [3.63, 3.8) is 0 Å². The average Bonchev–Trinajstić information content (AvgIpc) is 2.89. The third-order valence-electron chi connectivity index (χ3n) is 2.30. The Morgan fingerprint density at radius 2 is 2.33 bits per heavy atom. The summed E-state index contributed by atoms with van der Waals surface area (Å²) in [5.41, 5.74) is 0.470. The van der Waals surface area contributed by atoms with Crippen molar-refractivity contribution in [3.8, 4) is 0 Å². The summed E-state index contributed by atoms with van der Waals surface area (Å²) < 4.78 is 10.1. The lowest BCUT2D eigenvalue weighted by atomic mass is 10.2. The lowest BCUT2D eigenvalue weighted by Gasteiger charge is -2.03. The zero-order valence-electron chi connectivity index (χ0n) is 10.6. The van der Waals surface area contributed by atoms with E-state index in [0.717, 1.165) is 0 Å². The molecule has 1 heterocycles. The largest absolute Gasteiger partial charge is 0.501 e. The fourth-order valence-corrected chi connectivity index (χ4v) is 1.19. The van der Waals surface area contributed by atoms with Crippen molar-refractivity contribution in [2.24, 2.45) is 0 Å². The predicted octanol–water partition coefficient (Wildman–Crippen LogP) is 2.56. The van der Waals surface area contributed by atoms with Crippen molar-refractivity contribution in [2.45, 2.75) is 13.5 Å². The van der Waals surface area contributed by atoms with Gasteiger partial charge in [0.15, 0.2) is 0 Å². The van der Waals surface area contributed by atoms with Crippen molar-refractivity contribution in [1.82, 2.24) is 5.32 Å². The highest BCUT2D eigenvalue weighted by Gasteiger charge is 2.05. The molecule has 1 aromatic rings. The Balaban J connectivity index is 2.60. The van der Waals surface area contributed by atoms with Crippen LogP contribution in [0.4, 0.5) is 0 Å². The first kappa shape index (κ1) is 13.8. The molecule has 0 saturated carbocycles. The molecule has 1 rings (SSSR count). The zero-order chi connectivity index (χ0) is 13.4. The molecule has 0 radical (unpaired) electrons. The SMILES string of the molecule is C=C/C(=C\C=C(/C)OC)C(=O)NCc1ccco1. The fraction of sp³-hybridized carbons (Fsp3) is 0.214. The van der Waals surface area contributed by atoms with Gasteiger partial charge in [-0.2, -0.15) is 0 Å². The minimum Gasteiger partial charge on any atom is -0.501 e. The monoisotopic (exact) mass is 247 g/mol. The van der Waals surface area contributed by atoms with E-state index in [0.29, 0.717) is 23.6 Å². The maximum Gasteiger partial charge on any atom is 0.251 e. The van der Waals surface area contributed by atoms with Gasteiger partial charge in [-0.1, -0.05) is 12.7 Å². The van der Waals surface area contributed by atoms with E-state index < -0.39 is 0 Å². The van der Waals surface area contributed by atoms with Gasteiger partial charge in [0, 0.05) is 5.57 Å². The molecule has 0 aromatic carbocycles. The Labute approximate surface area is 107 Å². The van der Waals surface area contributed by atoms with Gasteiger partial charge in [-0.3, -0.25) is 4.79 Å². The number of allylic oxidation sites excluding steroid dienone is 3. The van der Waals surface area contributed by atoms with Gasteiger partial charge in [-0.25, -0.2) is 0 Å². The maximum absolute atomic E-state index is 11.8. The second-order valence-electron chi connectivity index (χ2n) is 3.57. The van der Waals surface area contributed by atoms with Crippen molar-refractivity contribution in [1.29, 1.82) is 0 Å². The predicted molar refractivity (Wildman–Crippen MR) is 69.6 cm³/mol. The normalized spacial score (nSPS) is 12.1. The third kappa shape index (κ3) is 4.33. The molecule has 1 N–H and O–H groups in total. The number of hydrogen-bond acceptors (Lipinski definition) is 3. The van der Waals surface area contributed by atoms with Gasteiger partial charge in [-0.15, -0.1) is 0 Å². The summed E-state index contributed by atoms with van der Waals surface area (Å²) in [7, 11) is 1.57. The van der Waals surface area contributed by atoms with Gasteiger partial charge in [0.1, 0.15) is 5.76 Å². The summed E-state index contributed by atoms with van der Waals surface area (Å²) in [4.78, 5) is 11.8. The number of hydrogen-bond donors (Lipinski definition) is 1. The molecule has 1 amide bonds. The molecule has 96 valence electrons. The van der Waals surface area contributed by atoms with Gasteiger partial charge in [0.25, 0.3) is 5.91 Å². The first-order valence-electron chi connectivity index (χ1n) is 5.53. The Hall–Kier alpha value is -2.23. The Morgan fingerprint density at radius 1 is 1.56 bits per heavy atom. The topological polar surface area (TPSA) is 51.5 Å². The smallest absolute Gasteiger partial charge is 0.251 e. The van der Waals surface area contributed by atoms with Gasteiger partial charge < -0.3 is 14.5 Å². The fourth-order valence-electron chi connectivity index (χ4n) is 1.19. The highest BCUT2D eigenvalue weighted by molar-refractivity contribution is 5.96. The lowest BCUT2D eigenvalue weighted by molar-refractivity contribution is -0.117. The first-order chi connectivity index (χ1) is 8.67. The third-order valence-corrected chi connectivity index (χ3v) is 2.30. The molecule has 0 unspecified atom stereocenters. The molecule has 4 nitrogen and oxygen atoms in total. The van der Waals surface area contributed by atoms with Crippen LogP contribution in [0.5, 0.6) is 0 Å². The molecule has 18 heavy (non-hydrogen) atoms. The van der Waals surface area contributed by atoms with Crippen LogP contribution in [0, 0.1) is 0 Å². The molecule has 0 saturated heterocycles. The number of methoxy groups -OCH3 is 1. The van der Waals surface area contributed by atoms with Crippen LogP contribution in [0.2, 0.25) is 0 Å². The minimum absolute atomic E-state index is 0.207. The number of carbonyl (C=O) groups is 1. The Kier molecular flexibility index (Phi) is 5.51. The second kappa shape index (κ2) is 7.17. The Bertz CT molecular complexity index is 455. The molecule has 0 aliphatic heterocycles. The summed E-state index contributed by atoms with van der Waals surface area (Å²) in [5.74, 6) is 1.21. The van der Waals surface area contributed by atoms with E-state index in [1.54, 1.807) is 44.6 Å². The van der Waals surface area contributed by atoms with E-state index in [-0.39, 0.29) is 5.91 Å². The van der Waals surface area contributed by atoms with E-state index in [2.05, 4.69) is 11.9 Å². The van der Waals surface area contributed by atoms with Crippen molar-refractivity contribution < 1.29 is 13.9 Å². The van der Waals surface area contributed by atoms with E-state index >= 15 is 0 Å². The summed E-state index contributed by atoms with van der Waals surface area (Å²) in [6.07, 6.45) is 6.43. The van der Waals surface area contributed by atoms with Gasteiger partial charge in [0.05, 0.1) is 25.7 Å². The number of furan rings is 1. The van der Waals surface area contributed by atoms with Crippen LogP contribution >= 0.6 is 0 Å². The summed E-state index contributed by atoms with van der Waals surface area (Å²) >= 11 is 0. The lowest BCUT2D eigenvalue weighted by Crippen LogP contribution is -2.23. The minimum atomic E-state index is -0.207. The number of carbonyl (C=O) groups excluding carboxylic acids is 1. The molecule has 4 heteroatoms. The molecular weight excluding hydrogens is 230 g/mol. The molecule has 0 spiro atoms. The van der Waals surface area contributed by atoms with E-state index in [1.807, 2.05) is 0 Å². The van der Waals surface area contributed by atoms with Crippen molar-refractivity contribution >= 4 is 5.91 Å². The van der Waals surface area contributed by atoms with E-state index in [4.69, 9.17) is 9.15 Å². The van der Waals surface area contributed by atoms with Crippen LogP contribution < -0.4 is 5.32 Å². The van der Waals surface area contributed by atoms with Gasteiger partial charge in [-0.05, 0) is 31.2 Å². The molecule has 0 aliphatic carbocycles. The van der Waals surface area contributed by atoms with Crippen molar-refractivity contribution in [3.05, 3.63) is 60.3 Å². The molecule has 0 bridgehead atoms. The highest BCUT2D eigenvalue weighted by atomic mass is 16.5. The van der Waals surface area contributed by atoms with Gasteiger partial charge >= 0.3 is 0 Å². The number of rotatable bonds is 6. The highest BCUT2D eigenvalue weighted by Crippen LogP contribution is 2.03. The second-order valence-corrected chi connectivity index (χ2v) is 3.57. The molecule has 0 atom stereocenters. The van der Waals surface area contributed by atoms with E-state index in [1.165, 1.54) is 6.08 Å². The van der Waals surface area contributed by atoms with Crippen LogP contribution in [0.3, 0.4) is 0 Å². The molecule has 1 aromatic heterocycles. The summed E-state index contributed by atoms with van der Waals surface area (Å²) in [6.45, 7) is 5.76. The standard InChI is InChI=1S/C14H17NO3/c1-4-12(8-7-11(2)17-3)14(16)15-10-13-6-5-9-18-13/h4-9H,1,10H2,2-3H3,(H,15,16)/b11-7+,12-8+. The summed E-state index contributed by atoms with van der Waals surface area (Å²) in [6, 6.07) is 3.57. The van der Waals surface area contributed by atoms with Gasteiger partial charge in [0.2, 0.25) is 0 Å². The average molecular weight is 247 g/mol. The quantitative estimate of drug-likeness (QED) is 0.477. The maximum atomic E-state index is 11.8. The number of amides is 1. The van der Waals surface area contributed by atoms with Crippen LogP contribution in [-0.4, -0.2) is 13.0 Å². The molecular formula is C14H17NO3. The molecule has 0 aliphatic rings. The number of ether oxygens (including phenoxy) is 1. The van der Waals surface area contributed by atoms with Crippen LogP contribution in [0.1, 0.15) is 12.7 Å². The van der Waals surface area contributed by atoms with Crippen molar-refractivity contribution in [2.75, 3.05) is 7.11 Å². The van der Waals surface area contributed by atoms with E-state index in [9.17, 15) is 4.79 Å². The van der Waals surface area contributed by atoms with Crippen LogP contribution in [-0.2, 0) is 16.1 Å². The number of nitrogens with one attached hydrogen (secondary N) is 1.